The zero-order valence-corrected chi connectivity index (χ0v) is 23.3. The summed E-state index contributed by atoms with van der Waals surface area (Å²) in [6.07, 6.45) is 21.1. The van der Waals surface area contributed by atoms with E-state index in [4.69, 9.17) is 8.15 Å². The molecule has 0 amide bonds. The van der Waals surface area contributed by atoms with Gasteiger partial charge in [-0.05, 0) is 0 Å². The Bertz CT molecular complexity index is 497. The van der Waals surface area contributed by atoms with Crippen LogP contribution in [-0.4, -0.2) is 40.2 Å². The summed E-state index contributed by atoms with van der Waals surface area (Å²) in [5.41, 5.74) is 0. The van der Waals surface area contributed by atoms with Gasteiger partial charge < -0.3 is 0 Å². The van der Waals surface area contributed by atoms with Crippen LogP contribution in [0.2, 0.25) is 0 Å². The van der Waals surface area contributed by atoms with Gasteiger partial charge in [-0.2, -0.15) is 0 Å². The molecule has 0 aromatic rings. The molecule has 0 unspecified atom stereocenters. The Balaban J connectivity index is 4.53. The molecule has 0 radical (unpaired) electrons. The second-order valence-corrected chi connectivity index (χ2v) is 17.3. The minimum absolute atomic E-state index is 0.251. The molecule has 0 aliphatic rings. The van der Waals surface area contributed by atoms with Gasteiger partial charge in [0.15, 0.2) is 0 Å². The third-order valence-corrected chi connectivity index (χ3v) is 14.3. The summed E-state index contributed by atoms with van der Waals surface area (Å²) < 4.78 is 37.0. The van der Waals surface area contributed by atoms with Crippen molar-refractivity contribution >= 4 is 17.2 Å². The van der Waals surface area contributed by atoms with Crippen LogP contribution < -0.4 is 0 Å². The van der Waals surface area contributed by atoms with Gasteiger partial charge in [-0.1, -0.05) is 19.8 Å². The predicted octanol–water partition coefficient (Wildman–Crippen LogP) is 8.68. The van der Waals surface area contributed by atoms with Crippen molar-refractivity contribution in [3.63, 3.8) is 0 Å². The van der Waals surface area contributed by atoms with Crippen LogP contribution in [0.4, 0.5) is 0 Å². The van der Waals surface area contributed by atoms with Crippen molar-refractivity contribution in [1.29, 1.82) is 0 Å². The summed E-state index contributed by atoms with van der Waals surface area (Å²) in [5.74, 6) is 0. The third-order valence-electron chi connectivity index (χ3n) is 6.48. The van der Waals surface area contributed by atoms with E-state index in [1.807, 2.05) is 0 Å². The molecule has 6 heteroatoms. The van der Waals surface area contributed by atoms with Gasteiger partial charge in [0.25, 0.3) is 0 Å². The quantitative estimate of drug-likeness (QED) is 0.108. The van der Waals surface area contributed by atoms with Crippen molar-refractivity contribution in [3.05, 3.63) is 0 Å². The van der Waals surface area contributed by atoms with E-state index >= 15 is 0 Å². The van der Waals surface area contributed by atoms with Crippen molar-refractivity contribution < 1.29 is 16.6 Å². The standard InChI is InChI=1S/C25H55O4PS/c1-6-10-14-15-16-17-18-19-20-21-22-28-31(26,27)29-30(5,23-11-7-2,24-12-8-3)25-13-9-4/h6-25H2,1-5H3. The fourth-order valence-corrected chi connectivity index (χ4v) is 12.3. The van der Waals surface area contributed by atoms with Crippen LogP contribution in [0.5, 0.6) is 0 Å². The van der Waals surface area contributed by atoms with Crippen LogP contribution in [-0.2, 0) is 18.6 Å². The summed E-state index contributed by atoms with van der Waals surface area (Å²) >= 11 is 0. The number of unbranched alkanes of at least 4 members (excludes halogenated alkanes) is 12. The Labute approximate surface area is 196 Å². The molecule has 0 aliphatic heterocycles. The fourth-order valence-electron chi connectivity index (χ4n) is 4.32. The first kappa shape index (κ1) is 31.3. The molecule has 4 nitrogen and oxygen atoms in total. The molecule has 0 rings (SSSR count). The second kappa shape index (κ2) is 17.7. The van der Waals surface area contributed by atoms with Gasteiger partial charge in [0, 0.05) is 0 Å². The summed E-state index contributed by atoms with van der Waals surface area (Å²) in [7, 11) is -3.94. The molecule has 31 heavy (non-hydrogen) atoms. The van der Waals surface area contributed by atoms with Crippen molar-refractivity contribution in [2.45, 2.75) is 130 Å². The molecule has 0 aromatic heterocycles. The van der Waals surface area contributed by atoms with Crippen molar-refractivity contribution in [2.75, 3.05) is 31.8 Å². The first-order valence-electron chi connectivity index (χ1n) is 13.4. The van der Waals surface area contributed by atoms with Crippen LogP contribution >= 0.6 is 6.83 Å². The fraction of sp³-hybridized carbons (Fsp3) is 1.00. The van der Waals surface area contributed by atoms with Crippen LogP contribution in [0.1, 0.15) is 130 Å². The van der Waals surface area contributed by atoms with Crippen LogP contribution in [0.3, 0.4) is 0 Å². The molecule has 0 N–H and O–H groups in total. The van der Waals surface area contributed by atoms with E-state index in [1.54, 1.807) is 0 Å². The Morgan fingerprint density at radius 2 is 0.903 bits per heavy atom. The van der Waals surface area contributed by atoms with Gasteiger partial charge in [-0.3, -0.25) is 0 Å². The van der Waals surface area contributed by atoms with E-state index in [9.17, 15) is 8.42 Å². The molecule has 190 valence electrons. The molecule has 0 atom stereocenters. The molecule has 0 aliphatic carbocycles. The molecular formula is C25H55O4PS. The summed E-state index contributed by atoms with van der Waals surface area (Å²) in [4.78, 5) is 0. The Kier molecular flexibility index (Phi) is 17.9. The minimum atomic E-state index is -3.94. The van der Waals surface area contributed by atoms with E-state index in [-0.39, 0.29) is 6.61 Å². The summed E-state index contributed by atoms with van der Waals surface area (Å²) in [6, 6.07) is 0. The predicted molar refractivity (Wildman–Crippen MR) is 140 cm³/mol. The van der Waals surface area contributed by atoms with Crippen molar-refractivity contribution in [1.82, 2.24) is 0 Å². The molecule has 0 saturated heterocycles. The SMILES string of the molecule is CCCCCCCCCCCCOS(=O)(=O)OP(C)(CCCC)(CCCC)CCCC. The number of rotatable bonds is 23. The van der Waals surface area contributed by atoms with Gasteiger partial charge in [-0.15, -0.1) is 0 Å². The maximum atomic E-state index is 12.8. The Morgan fingerprint density at radius 1 is 0.548 bits per heavy atom. The normalized spacial score (nSPS) is 13.9. The van der Waals surface area contributed by atoms with E-state index in [0.29, 0.717) is 0 Å². The first-order chi connectivity index (χ1) is 14.7. The van der Waals surface area contributed by atoms with Crippen molar-refractivity contribution in [2.24, 2.45) is 0 Å². The van der Waals surface area contributed by atoms with Crippen molar-refractivity contribution in [3.8, 4) is 0 Å². The number of hydrogen-bond donors (Lipinski definition) is 0. The Hall–Kier alpha value is 0.300. The first-order valence-corrected chi connectivity index (χ1v) is 17.9. The average Bonchev–Trinajstić information content (AvgIpc) is 2.73. The monoisotopic (exact) mass is 482 g/mol. The van der Waals surface area contributed by atoms with Crippen LogP contribution in [0.15, 0.2) is 0 Å². The van der Waals surface area contributed by atoms with Gasteiger partial charge in [-0.25, -0.2) is 0 Å². The Morgan fingerprint density at radius 3 is 1.29 bits per heavy atom. The topological polar surface area (TPSA) is 52.6 Å². The zero-order valence-electron chi connectivity index (χ0n) is 21.6. The zero-order chi connectivity index (χ0) is 23.5. The van der Waals surface area contributed by atoms with E-state index in [0.717, 1.165) is 76.3 Å². The van der Waals surface area contributed by atoms with Gasteiger partial charge in [0.1, 0.15) is 0 Å². The molecule has 0 bridgehead atoms. The molecule has 0 saturated carbocycles. The van der Waals surface area contributed by atoms with E-state index < -0.39 is 17.2 Å². The van der Waals surface area contributed by atoms with Gasteiger partial charge in [0.2, 0.25) is 0 Å². The number of hydrogen-bond acceptors (Lipinski definition) is 4. The third kappa shape index (κ3) is 15.7. The average molecular weight is 483 g/mol. The van der Waals surface area contributed by atoms with Gasteiger partial charge in [0.05, 0.1) is 0 Å². The maximum absolute atomic E-state index is 12.8. The summed E-state index contributed by atoms with van der Waals surface area (Å²) in [6.45, 7) is 8.35. The molecule has 0 heterocycles. The van der Waals surface area contributed by atoms with E-state index in [2.05, 4.69) is 34.4 Å². The molecule has 0 spiro atoms. The van der Waals surface area contributed by atoms with Crippen LogP contribution in [0, 0.1) is 0 Å². The molecule has 0 aromatic carbocycles. The summed E-state index contributed by atoms with van der Waals surface area (Å²) in [5, 5.41) is 0. The molecular weight excluding hydrogens is 427 g/mol. The van der Waals surface area contributed by atoms with E-state index in [1.165, 1.54) is 44.9 Å². The second-order valence-electron chi connectivity index (χ2n) is 9.91. The van der Waals surface area contributed by atoms with Gasteiger partial charge >= 0.3 is 176 Å². The molecule has 0 fully saturated rings. The van der Waals surface area contributed by atoms with Crippen LogP contribution in [0.25, 0.3) is 0 Å².